The monoisotopic (exact) mass is 419 g/mol. The van der Waals surface area contributed by atoms with Crippen molar-refractivity contribution in [3.63, 3.8) is 0 Å². The number of anilines is 2. The number of urea groups is 1. The second-order valence-corrected chi connectivity index (χ2v) is 7.97. The lowest BCUT2D eigenvalue weighted by molar-refractivity contribution is -0.119. The molecule has 2 aromatic rings. The first-order valence-electron chi connectivity index (χ1n) is 10.9. The summed E-state index contributed by atoms with van der Waals surface area (Å²) in [5, 5.41) is 5.61. The highest BCUT2D eigenvalue weighted by molar-refractivity contribution is 6.12. The average Bonchev–Trinajstić information content (AvgIpc) is 2.90. The number of amidine groups is 1. The van der Waals surface area contributed by atoms with Crippen molar-refractivity contribution in [3.8, 4) is 0 Å². The third kappa shape index (κ3) is 4.55. The predicted octanol–water partition coefficient (Wildman–Crippen LogP) is 3.61. The summed E-state index contributed by atoms with van der Waals surface area (Å²) in [5.74, 6) is 0.503. The molecule has 0 radical (unpaired) electrons. The Labute approximate surface area is 183 Å². The molecule has 2 aliphatic heterocycles. The van der Waals surface area contributed by atoms with Crippen LogP contribution in [0.25, 0.3) is 0 Å². The summed E-state index contributed by atoms with van der Waals surface area (Å²) in [7, 11) is 1.73. The van der Waals surface area contributed by atoms with Crippen molar-refractivity contribution in [2.24, 2.45) is 4.99 Å². The van der Waals surface area contributed by atoms with Gasteiger partial charge in [-0.15, -0.1) is 0 Å². The molecule has 0 aliphatic carbocycles. The minimum Gasteiger partial charge on any atom is -0.356 e. The Balaban J connectivity index is 1.61. The van der Waals surface area contributed by atoms with Crippen molar-refractivity contribution >= 4 is 29.1 Å². The number of likely N-dealkylation sites (N-methyl/N-ethyl adjacent to an activating group) is 1. The van der Waals surface area contributed by atoms with Gasteiger partial charge in [-0.2, -0.15) is 0 Å². The van der Waals surface area contributed by atoms with Gasteiger partial charge in [0.2, 0.25) is 6.17 Å². The van der Waals surface area contributed by atoms with Crippen molar-refractivity contribution in [1.29, 1.82) is 0 Å². The summed E-state index contributed by atoms with van der Waals surface area (Å²) in [5.41, 5.74) is 3.54. The summed E-state index contributed by atoms with van der Waals surface area (Å²) in [4.78, 5) is 34.5. The van der Waals surface area contributed by atoms with E-state index in [2.05, 4.69) is 22.5 Å². The lowest BCUT2D eigenvalue weighted by atomic mass is 10.1. The van der Waals surface area contributed by atoms with Gasteiger partial charge in [0.05, 0.1) is 5.69 Å². The van der Waals surface area contributed by atoms with E-state index in [1.165, 1.54) is 6.42 Å². The summed E-state index contributed by atoms with van der Waals surface area (Å²) >= 11 is 0. The number of para-hydroxylation sites is 1. The highest BCUT2D eigenvalue weighted by atomic mass is 16.2. The molecule has 2 aliphatic rings. The number of fused-ring (bicyclic) bond motifs is 1. The van der Waals surface area contributed by atoms with Crippen LogP contribution < -0.4 is 15.5 Å². The molecule has 1 unspecified atom stereocenters. The van der Waals surface area contributed by atoms with Crippen LogP contribution in [0.4, 0.5) is 16.2 Å². The maximum atomic E-state index is 13.2. The van der Waals surface area contributed by atoms with Crippen molar-refractivity contribution < 1.29 is 9.59 Å². The first kappa shape index (κ1) is 20.9. The molecule has 162 valence electrons. The minimum absolute atomic E-state index is 0.267. The largest absolute Gasteiger partial charge is 0.356 e. The quantitative estimate of drug-likeness (QED) is 0.798. The van der Waals surface area contributed by atoms with Gasteiger partial charge in [0.15, 0.2) is 0 Å². The fourth-order valence-corrected chi connectivity index (χ4v) is 4.12. The van der Waals surface area contributed by atoms with Gasteiger partial charge >= 0.3 is 6.03 Å². The Morgan fingerprint density at radius 2 is 1.87 bits per heavy atom. The summed E-state index contributed by atoms with van der Waals surface area (Å²) in [6.07, 6.45) is 3.27. The van der Waals surface area contributed by atoms with E-state index in [0.29, 0.717) is 5.69 Å². The van der Waals surface area contributed by atoms with Gasteiger partial charge in [0, 0.05) is 31.4 Å². The number of likely N-dealkylation sites (tertiary alicyclic amines) is 1. The molecular formula is C24H29N5O2. The van der Waals surface area contributed by atoms with Crippen LogP contribution in [-0.4, -0.2) is 49.0 Å². The Kier molecular flexibility index (Phi) is 6.21. The number of nitrogens with one attached hydrogen (secondary N) is 2. The summed E-state index contributed by atoms with van der Waals surface area (Å²) < 4.78 is 0. The highest BCUT2D eigenvalue weighted by Gasteiger charge is 2.32. The van der Waals surface area contributed by atoms with Gasteiger partial charge in [-0.25, -0.2) is 9.79 Å². The van der Waals surface area contributed by atoms with Crippen LogP contribution in [0.2, 0.25) is 0 Å². The topological polar surface area (TPSA) is 77.0 Å². The maximum absolute atomic E-state index is 13.2. The molecule has 1 saturated heterocycles. The number of nitrogens with zero attached hydrogens (tertiary/aromatic N) is 3. The fourth-order valence-electron chi connectivity index (χ4n) is 4.12. The molecule has 2 heterocycles. The van der Waals surface area contributed by atoms with Crippen LogP contribution in [0.3, 0.4) is 0 Å². The Bertz CT molecular complexity index is 997. The number of hydrogen-bond donors (Lipinski definition) is 2. The van der Waals surface area contributed by atoms with Crippen molar-refractivity contribution in [2.75, 3.05) is 30.4 Å². The van der Waals surface area contributed by atoms with Crippen molar-refractivity contribution in [1.82, 2.24) is 10.2 Å². The van der Waals surface area contributed by atoms with E-state index in [1.54, 1.807) is 11.9 Å². The first-order valence-corrected chi connectivity index (χ1v) is 10.9. The third-order valence-electron chi connectivity index (χ3n) is 5.84. The van der Waals surface area contributed by atoms with Crippen LogP contribution in [0.1, 0.15) is 37.3 Å². The van der Waals surface area contributed by atoms with Gasteiger partial charge in [-0.3, -0.25) is 4.79 Å². The standard InChI is InChI=1S/C24H29N5O2/c1-3-17-10-9-11-18(16-17)25-24(31)27-21-23(30)28(2)20-13-6-5-12-19(20)22(26-21)29-14-7-4-8-15-29/h5-6,9-13,16,21H,3-4,7-8,14-15H2,1-2H3,(H2,25,27,31). The molecule has 31 heavy (non-hydrogen) atoms. The molecule has 1 fully saturated rings. The van der Waals surface area contributed by atoms with Gasteiger partial charge in [-0.1, -0.05) is 31.2 Å². The van der Waals surface area contributed by atoms with E-state index < -0.39 is 12.2 Å². The predicted molar refractivity (Wildman–Crippen MR) is 124 cm³/mol. The molecule has 2 N–H and O–H groups in total. The van der Waals surface area contributed by atoms with Crippen LogP contribution in [0.5, 0.6) is 0 Å². The summed E-state index contributed by atoms with van der Waals surface area (Å²) in [6, 6.07) is 15.0. The number of aryl methyl sites for hydroxylation is 1. The number of carbonyl (C=O) groups excluding carboxylic acids is 2. The molecular weight excluding hydrogens is 390 g/mol. The second-order valence-electron chi connectivity index (χ2n) is 7.97. The molecule has 7 nitrogen and oxygen atoms in total. The molecule has 0 saturated carbocycles. The number of piperidine rings is 1. The zero-order valence-electron chi connectivity index (χ0n) is 18.1. The van der Waals surface area contributed by atoms with Gasteiger partial charge in [0.1, 0.15) is 5.84 Å². The zero-order chi connectivity index (χ0) is 21.8. The van der Waals surface area contributed by atoms with Crippen LogP contribution in [0.15, 0.2) is 53.5 Å². The number of hydrogen-bond acceptors (Lipinski definition) is 4. The fraction of sp³-hybridized carbons (Fsp3) is 0.375. The van der Waals surface area contributed by atoms with Gasteiger partial charge in [-0.05, 0) is 55.5 Å². The minimum atomic E-state index is -0.997. The number of benzene rings is 2. The molecule has 2 aromatic carbocycles. The molecule has 0 spiro atoms. The van der Waals surface area contributed by atoms with E-state index in [1.807, 2.05) is 48.5 Å². The molecule has 7 heteroatoms. The number of amides is 3. The van der Waals surface area contributed by atoms with Crippen LogP contribution in [0, 0.1) is 0 Å². The first-order chi connectivity index (χ1) is 15.1. The van der Waals surface area contributed by atoms with Crippen LogP contribution >= 0.6 is 0 Å². The Hall–Kier alpha value is -3.35. The number of benzodiazepines with no additional fused rings is 1. The van der Waals surface area contributed by atoms with E-state index in [0.717, 1.165) is 55.0 Å². The molecule has 3 amide bonds. The van der Waals surface area contributed by atoms with E-state index in [9.17, 15) is 9.59 Å². The molecule has 0 bridgehead atoms. The lowest BCUT2D eigenvalue weighted by Gasteiger charge is -2.30. The second kappa shape index (κ2) is 9.20. The summed E-state index contributed by atoms with van der Waals surface area (Å²) in [6.45, 7) is 3.86. The number of aliphatic imine (C=N–C) groups is 1. The Morgan fingerprint density at radius 3 is 2.65 bits per heavy atom. The Morgan fingerprint density at radius 1 is 1.10 bits per heavy atom. The molecule has 0 aromatic heterocycles. The number of rotatable bonds is 3. The zero-order valence-corrected chi connectivity index (χ0v) is 18.1. The normalized spacial score (nSPS) is 18.7. The van der Waals surface area contributed by atoms with E-state index in [4.69, 9.17) is 4.99 Å². The van der Waals surface area contributed by atoms with Crippen molar-refractivity contribution in [3.05, 3.63) is 59.7 Å². The average molecular weight is 420 g/mol. The maximum Gasteiger partial charge on any atom is 0.321 e. The van der Waals surface area contributed by atoms with E-state index >= 15 is 0 Å². The smallest absolute Gasteiger partial charge is 0.321 e. The number of carbonyl (C=O) groups is 2. The SMILES string of the molecule is CCc1cccc(NC(=O)NC2N=C(N3CCCCC3)c3ccccc3N(C)C2=O)c1. The highest BCUT2D eigenvalue weighted by Crippen LogP contribution is 2.27. The van der Waals surface area contributed by atoms with Crippen molar-refractivity contribution in [2.45, 2.75) is 38.8 Å². The lowest BCUT2D eigenvalue weighted by Crippen LogP contribution is -2.48. The van der Waals surface area contributed by atoms with E-state index in [-0.39, 0.29) is 5.91 Å². The van der Waals surface area contributed by atoms with Crippen LogP contribution in [-0.2, 0) is 11.2 Å². The molecule has 1 atom stereocenters. The third-order valence-corrected chi connectivity index (χ3v) is 5.84. The van der Waals surface area contributed by atoms with Gasteiger partial charge < -0.3 is 20.4 Å². The molecule has 4 rings (SSSR count). The van der Waals surface area contributed by atoms with Gasteiger partial charge in [0.25, 0.3) is 5.91 Å².